The number of nitrogens with two attached hydrogens (primary N) is 1. The first kappa shape index (κ1) is 27.6. The molecular weight excluding hydrogens is 535 g/mol. The second-order valence-corrected chi connectivity index (χ2v) is 11.2. The standard InChI is InChI=1S/C29H38BrFN4O2/c1-37-27-12-10-23(30)17-22(27)9-11-24-25(7-4-8-26(24)31)28(36)34-29(32)33-18-20-13-15-35(16-14-20)19-21-5-2-3-6-21/h4,7-8,10,12,17,20-21H,2-3,5-6,9,11,13-16,18-19H2,1H3,(H3,32,33,34,36). The van der Waals surface area contributed by atoms with Crippen LogP contribution in [-0.2, 0) is 12.8 Å². The van der Waals surface area contributed by atoms with Crippen molar-refractivity contribution < 1.29 is 13.9 Å². The molecule has 200 valence electrons. The number of aliphatic imine (C=N–C) groups is 1. The number of ether oxygens (including phenoxy) is 1. The van der Waals surface area contributed by atoms with Gasteiger partial charge in [-0.25, -0.2) is 4.39 Å². The molecule has 0 spiro atoms. The highest BCUT2D eigenvalue weighted by Crippen LogP contribution is 2.28. The Labute approximate surface area is 228 Å². The van der Waals surface area contributed by atoms with E-state index < -0.39 is 11.7 Å². The van der Waals surface area contributed by atoms with E-state index in [1.807, 2.05) is 18.2 Å². The van der Waals surface area contributed by atoms with E-state index >= 15 is 0 Å². The van der Waals surface area contributed by atoms with Gasteiger partial charge in [0.15, 0.2) is 5.96 Å². The molecule has 1 saturated heterocycles. The van der Waals surface area contributed by atoms with Crippen molar-refractivity contribution in [2.75, 3.05) is 33.3 Å². The lowest BCUT2D eigenvalue weighted by Gasteiger charge is -2.33. The maximum atomic E-state index is 14.8. The van der Waals surface area contributed by atoms with E-state index in [0.717, 1.165) is 47.6 Å². The lowest BCUT2D eigenvalue weighted by molar-refractivity contribution is 0.0975. The number of carbonyl (C=O) groups is 1. The molecule has 0 atom stereocenters. The van der Waals surface area contributed by atoms with Gasteiger partial charge in [0, 0.05) is 28.7 Å². The fourth-order valence-corrected chi connectivity index (χ4v) is 6.00. The number of nitrogens with zero attached hydrogens (tertiary/aromatic N) is 2. The van der Waals surface area contributed by atoms with Crippen molar-refractivity contribution in [2.45, 2.75) is 51.4 Å². The smallest absolute Gasteiger partial charge is 0.258 e. The van der Waals surface area contributed by atoms with Crippen molar-refractivity contribution in [3.05, 3.63) is 63.4 Å². The molecular formula is C29H38BrFN4O2. The first-order valence-corrected chi connectivity index (χ1v) is 14.2. The molecule has 6 nitrogen and oxygen atoms in total. The van der Waals surface area contributed by atoms with E-state index in [0.29, 0.717) is 30.9 Å². The molecule has 37 heavy (non-hydrogen) atoms. The predicted octanol–water partition coefficient (Wildman–Crippen LogP) is 5.33. The number of amides is 1. The van der Waals surface area contributed by atoms with Crippen molar-refractivity contribution in [1.29, 1.82) is 0 Å². The lowest BCUT2D eigenvalue weighted by atomic mass is 9.96. The number of guanidine groups is 1. The van der Waals surface area contributed by atoms with Crippen molar-refractivity contribution in [1.82, 2.24) is 10.2 Å². The maximum absolute atomic E-state index is 14.8. The van der Waals surface area contributed by atoms with Crippen LogP contribution in [0.5, 0.6) is 5.75 Å². The van der Waals surface area contributed by atoms with Crippen molar-refractivity contribution >= 4 is 27.8 Å². The number of methoxy groups -OCH3 is 1. The van der Waals surface area contributed by atoms with Gasteiger partial charge >= 0.3 is 0 Å². The summed E-state index contributed by atoms with van der Waals surface area (Å²) in [5.41, 5.74) is 7.62. The molecule has 1 aliphatic heterocycles. The third kappa shape index (κ3) is 7.77. The predicted molar refractivity (Wildman–Crippen MR) is 150 cm³/mol. The average molecular weight is 574 g/mol. The summed E-state index contributed by atoms with van der Waals surface area (Å²) in [7, 11) is 1.61. The van der Waals surface area contributed by atoms with Gasteiger partial charge in [-0.1, -0.05) is 34.8 Å². The third-order valence-corrected chi connectivity index (χ3v) is 8.20. The molecule has 0 unspecified atom stereocenters. The molecule has 1 saturated carbocycles. The monoisotopic (exact) mass is 572 g/mol. The third-order valence-electron chi connectivity index (χ3n) is 7.71. The van der Waals surface area contributed by atoms with E-state index in [-0.39, 0.29) is 11.5 Å². The second-order valence-electron chi connectivity index (χ2n) is 10.3. The molecule has 0 bridgehead atoms. The van der Waals surface area contributed by atoms with Gasteiger partial charge in [-0.05, 0) is 99.3 Å². The molecule has 8 heteroatoms. The Bertz CT molecular complexity index is 1100. The SMILES string of the molecule is COc1ccc(Br)cc1CCc1c(F)cccc1C(=O)NC(N)=NCC1CCN(CC2CCCC2)CC1. The fourth-order valence-electron chi connectivity index (χ4n) is 5.59. The average Bonchev–Trinajstić information content (AvgIpc) is 3.40. The van der Waals surface area contributed by atoms with Crippen LogP contribution in [0.15, 0.2) is 45.9 Å². The Morgan fingerprint density at radius 1 is 1.14 bits per heavy atom. The van der Waals surface area contributed by atoms with Crippen molar-refractivity contribution in [3.8, 4) is 5.75 Å². The first-order chi connectivity index (χ1) is 17.9. The number of benzene rings is 2. The minimum Gasteiger partial charge on any atom is -0.496 e. The second kappa shape index (κ2) is 13.4. The number of hydrogen-bond donors (Lipinski definition) is 2. The van der Waals surface area contributed by atoms with Crippen LogP contribution in [0.2, 0.25) is 0 Å². The molecule has 4 rings (SSSR count). The van der Waals surface area contributed by atoms with Gasteiger partial charge in [0.2, 0.25) is 0 Å². The molecule has 1 amide bonds. The maximum Gasteiger partial charge on any atom is 0.258 e. The Balaban J connectivity index is 1.31. The summed E-state index contributed by atoms with van der Waals surface area (Å²) >= 11 is 3.47. The van der Waals surface area contributed by atoms with Gasteiger partial charge < -0.3 is 15.4 Å². The van der Waals surface area contributed by atoms with Crippen LogP contribution in [0.4, 0.5) is 4.39 Å². The van der Waals surface area contributed by atoms with Gasteiger partial charge in [0.25, 0.3) is 5.91 Å². The van der Waals surface area contributed by atoms with E-state index in [1.54, 1.807) is 19.2 Å². The van der Waals surface area contributed by atoms with E-state index in [4.69, 9.17) is 10.5 Å². The van der Waals surface area contributed by atoms with Crippen LogP contribution >= 0.6 is 15.9 Å². The summed E-state index contributed by atoms with van der Waals surface area (Å²) in [5, 5.41) is 2.67. The van der Waals surface area contributed by atoms with E-state index in [2.05, 4.69) is 31.1 Å². The Hall–Kier alpha value is -2.45. The normalized spacial score (nSPS) is 17.8. The summed E-state index contributed by atoms with van der Waals surface area (Å²) < 4.78 is 21.1. The molecule has 2 aliphatic rings. The number of carbonyl (C=O) groups excluding carboxylic acids is 1. The summed E-state index contributed by atoms with van der Waals surface area (Å²) in [6.45, 7) is 4.05. The first-order valence-electron chi connectivity index (χ1n) is 13.4. The van der Waals surface area contributed by atoms with E-state index in [1.165, 1.54) is 38.3 Å². The number of rotatable bonds is 9. The topological polar surface area (TPSA) is 79.9 Å². The zero-order valence-electron chi connectivity index (χ0n) is 21.6. The van der Waals surface area contributed by atoms with Crippen LogP contribution in [0.1, 0.15) is 60.0 Å². The molecule has 1 heterocycles. The van der Waals surface area contributed by atoms with Crippen LogP contribution in [0.25, 0.3) is 0 Å². The molecule has 1 aliphatic carbocycles. The summed E-state index contributed by atoms with van der Waals surface area (Å²) in [6.07, 6.45) is 8.60. The highest BCUT2D eigenvalue weighted by molar-refractivity contribution is 9.10. The van der Waals surface area contributed by atoms with Crippen LogP contribution in [-0.4, -0.2) is 50.1 Å². The van der Waals surface area contributed by atoms with Gasteiger partial charge in [0.05, 0.1) is 7.11 Å². The quantitative estimate of drug-likeness (QED) is 0.314. The largest absolute Gasteiger partial charge is 0.496 e. The number of likely N-dealkylation sites (tertiary alicyclic amines) is 1. The van der Waals surface area contributed by atoms with Gasteiger partial charge in [0.1, 0.15) is 11.6 Å². The summed E-state index contributed by atoms with van der Waals surface area (Å²) in [6, 6.07) is 10.3. The highest BCUT2D eigenvalue weighted by Gasteiger charge is 2.23. The van der Waals surface area contributed by atoms with Gasteiger partial charge in [-0.3, -0.25) is 15.1 Å². The Morgan fingerprint density at radius 3 is 2.62 bits per heavy atom. The van der Waals surface area contributed by atoms with Gasteiger partial charge in [-0.2, -0.15) is 0 Å². The number of hydrogen-bond acceptors (Lipinski definition) is 4. The minimum atomic E-state index is -0.441. The molecule has 2 aromatic carbocycles. The van der Waals surface area contributed by atoms with Crippen LogP contribution < -0.4 is 15.8 Å². The molecule has 0 aromatic heterocycles. The lowest BCUT2D eigenvalue weighted by Crippen LogP contribution is -2.39. The van der Waals surface area contributed by atoms with E-state index in [9.17, 15) is 9.18 Å². The van der Waals surface area contributed by atoms with Crippen molar-refractivity contribution in [2.24, 2.45) is 22.6 Å². The summed E-state index contributed by atoms with van der Waals surface area (Å²) in [5.74, 6) is 1.31. The fraction of sp³-hybridized carbons (Fsp3) is 0.517. The number of halogens is 2. The minimum absolute atomic E-state index is 0.0854. The molecule has 0 radical (unpaired) electrons. The van der Waals surface area contributed by atoms with Crippen LogP contribution in [0.3, 0.4) is 0 Å². The summed E-state index contributed by atoms with van der Waals surface area (Å²) in [4.78, 5) is 20.0. The number of nitrogens with one attached hydrogen (secondary N) is 1. The van der Waals surface area contributed by atoms with Gasteiger partial charge in [-0.15, -0.1) is 0 Å². The highest BCUT2D eigenvalue weighted by atomic mass is 79.9. The Kier molecular flexibility index (Phi) is 9.97. The van der Waals surface area contributed by atoms with Crippen molar-refractivity contribution in [3.63, 3.8) is 0 Å². The zero-order valence-corrected chi connectivity index (χ0v) is 23.2. The molecule has 3 N–H and O–H groups in total. The molecule has 2 aromatic rings. The number of aryl methyl sites for hydroxylation is 1. The zero-order chi connectivity index (χ0) is 26.2. The Morgan fingerprint density at radius 2 is 1.89 bits per heavy atom. The van der Waals surface area contributed by atoms with Crippen LogP contribution in [0, 0.1) is 17.7 Å². The number of piperidine rings is 1. The molecule has 2 fully saturated rings.